The van der Waals surface area contributed by atoms with Crippen molar-refractivity contribution in [3.8, 4) is 0 Å². The van der Waals surface area contributed by atoms with Crippen LogP contribution in [-0.4, -0.2) is 9.97 Å². The molecule has 0 fully saturated rings. The second-order valence-electron chi connectivity index (χ2n) is 3.19. The Kier molecular flexibility index (Phi) is 3.96. The Bertz CT molecular complexity index is 407. The lowest BCUT2D eigenvalue weighted by atomic mass is 10.3. The lowest BCUT2D eigenvalue weighted by molar-refractivity contribution is 1.09. The van der Waals surface area contributed by atoms with Crippen LogP contribution in [0.25, 0.3) is 11.0 Å². The molecule has 76 valence electrons. The molecule has 0 radical (unpaired) electrons. The number of hydrogen-bond acceptors (Lipinski definition) is 1. The van der Waals surface area contributed by atoms with Gasteiger partial charge in [-0.3, -0.25) is 0 Å². The highest BCUT2D eigenvalue weighted by Gasteiger charge is 1.97. The number of nitrogens with one attached hydrogen (secondary N) is 1. The van der Waals surface area contributed by atoms with Crippen molar-refractivity contribution in [3.63, 3.8) is 0 Å². The van der Waals surface area contributed by atoms with Crippen molar-refractivity contribution in [3.05, 3.63) is 29.0 Å². The molecule has 1 heterocycles. The summed E-state index contributed by atoms with van der Waals surface area (Å²) >= 11 is 5.78. The summed E-state index contributed by atoms with van der Waals surface area (Å²) in [5.41, 5.74) is 1.96. The zero-order chi connectivity index (χ0) is 10.6. The van der Waals surface area contributed by atoms with Gasteiger partial charge in [0.1, 0.15) is 5.82 Å². The largest absolute Gasteiger partial charge is 0.342 e. The molecule has 1 N–H and O–H groups in total. The van der Waals surface area contributed by atoms with E-state index >= 15 is 0 Å². The van der Waals surface area contributed by atoms with Crippen LogP contribution in [0.5, 0.6) is 0 Å². The number of aromatic amines is 1. The zero-order valence-electron chi connectivity index (χ0n) is 8.76. The summed E-state index contributed by atoms with van der Waals surface area (Å²) in [7, 11) is 0. The molecule has 0 aliphatic carbocycles. The molecule has 0 aliphatic rings. The molecular weight excluding hydrogens is 196 g/mol. The SMILES string of the molecule is CCC.Cc1nc2ccc(Cl)cc2[nH]1. The summed E-state index contributed by atoms with van der Waals surface area (Å²) in [4.78, 5) is 7.34. The molecule has 0 atom stereocenters. The third-order valence-corrected chi connectivity index (χ3v) is 1.80. The Balaban J connectivity index is 0.000000293. The molecule has 2 nitrogen and oxygen atoms in total. The number of hydrogen-bond donors (Lipinski definition) is 1. The minimum absolute atomic E-state index is 0.737. The average molecular weight is 211 g/mol. The Morgan fingerprint density at radius 1 is 1.36 bits per heavy atom. The van der Waals surface area contributed by atoms with E-state index in [1.165, 1.54) is 6.42 Å². The highest BCUT2D eigenvalue weighted by atomic mass is 35.5. The Hall–Kier alpha value is -1.02. The first-order valence-corrected chi connectivity index (χ1v) is 5.17. The smallest absolute Gasteiger partial charge is 0.104 e. The summed E-state index contributed by atoms with van der Waals surface area (Å²) < 4.78 is 0. The van der Waals surface area contributed by atoms with Gasteiger partial charge < -0.3 is 4.98 Å². The third-order valence-electron chi connectivity index (χ3n) is 1.56. The first kappa shape index (κ1) is 11.1. The van der Waals surface area contributed by atoms with E-state index in [9.17, 15) is 0 Å². The van der Waals surface area contributed by atoms with Crippen LogP contribution >= 0.6 is 11.6 Å². The van der Waals surface area contributed by atoms with Gasteiger partial charge in [-0.25, -0.2) is 4.98 Å². The van der Waals surface area contributed by atoms with Gasteiger partial charge in [0.2, 0.25) is 0 Å². The Labute approximate surface area is 89.3 Å². The van der Waals surface area contributed by atoms with Crippen LogP contribution in [0.1, 0.15) is 26.1 Å². The van der Waals surface area contributed by atoms with Gasteiger partial charge in [-0.15, -0.1) is 0 Å². The second kappa shape index (κ2) is 5.01. The van der Waals surface area contributed by atoms with Crippen LogP contribution in [0.3, 0.4) is 0 Å². The molecule has 0 amide bonds. The fourth-order valence-corrected chi connectivity index (χ4v) is 1.28. The number of aromatic nitrogens is 2. The lowest BCUT2D eigenvalue weighted by Crippen LogP contribution is -1.68. The maximum absolute atomic E-state index is 5.78. The van der Waals surface area contributed by atoms with Crippen molar-refractivity contribution < 1.29 is 0 Å². The number of fused-ring (bicyclic) bond motifs is 1. The lowest BCUT2D eigenvalue weighted by Gasteiger charge is -1.87. The number of benzene rings is 1. The normalized spacial score (nSPS) is 9.71. The van der Waals surface area contributed by atoms with Crippen molar-refractivity contribution in [2.24, 2.45) is 0 Å². The predicted molar refractivity (Wildman–Crippen MR) is 61.8 cm³/mol. The first-order valence-electron chi connectivity index (χ1n) is 4.79. The van der Waals surface area contributed by atoms with Crippen LogP contribution in [0.2, 0.25) is 5.02 Å². The quantitative estimate of drug-likeness (QED) is 0.701. The summed E-state index contributed by atoms with van der Waals surface area (Å²) in [5, 5.41) is 0.737. The zero-order valence-corrected chi connectivity index (χ0v) is 9.52. The number of H-pyrrole nitrogens is 1. The van der Waals surface area contributed by atoms with E-state index in [4.69, 9.17) is 11.6 Å². The van der Waals surface area contributed by atoms with Crippen LogP contribution in [-0.2, 0) is 0 Å². The number of halogens is 1. The number of aryl methyl sites for hydroxylation is 1. The van der Waals surface area contributed by atoms with E-state index in [1.807, 2.05) is 25.1 Å². The Morgan fingerprint density at radius 3 is 2.64 bits per heavy atom. The van der Waals surface area contributed by atoms with Crippen molar-refractivity contribution in [2.45, 2.75) is 27.2 Å². The van der Waals surface area contributed by atoms with Gasteiger partial charge in [0.25, 0.3) is 0 Å². The Morgan fingerprint density at radius 2 is 2.00 bits per heavy atom. The van der Waals surface area contributed by atoms with E-state index in [2.05, 4.69) is 23.8 Å². The molecule has 1 aromatic carbocycles. The molecule has 0 bridgehead atoms. The molecule has 2 rings (SSSR count). The summed E-state index contributed by atoms with van der Waals surface area (Å²) in [5.74, 6) is 0.919. The number of imidazole rings is 1. The third kappa shape index (κ3) is 2.74. The van der Waals surface area contributed by atoms with Gasteiger partial charge in [0.05, 0.1) is 11.0 Å². The minimum Gasteiger partial charge on any atom is -0.342 e. The molecule has 14 heavy (non-hydrogen) atoms. The highest BCUT2D eigenvalue weighted by Crippen LogP contribution is 2.16. The van der Waals surface area contributed by atoms with Crippen LogP contribution < -0.4 is 0 Å². The minimum atomic E-state index is 0.737. The topological polar surface area (TPSA) is 28.7 Å². The average Bonchev–Trinajstić information content (AvgIpc) is 2.45. The van der Waals surface area contributed by atoms with Gasteiger partial charge in [0.15, 0.2) is 0 Å². The predicted octanol–water partition coefficient (Wildman–Crippen LogP) is 3.94. The molecule has 2 aromatic rings. The van der Waals surface area contributed by atoms with E-state index in [0.717, 1.165) is 21.9 Å². The fourth-order valence-electron chi connectivity index (χ4n) is 1.11. The molecule has 0 spiro atoms. The number of nitrogens with zero attached hydrogens (tertiary/aromatic N) is 1. The van der Waals surface area contributed by atoms with Crippen LogP contribution in [0, 0.1) is 6.92 Å². The van der Waals surface area contributed by atoms with Crippen molar-refractivity contribution in [2.75, 3.05) is 0 Å². The molecular formula is C11H15ClN2. The van der Waals surface area contributed by atoms with Crippen molar-refractivity contribution in [1.29, 1.82) is 0 Å². The first-order chi connectivity index (χ1) is 6.67. The van der Waals surface area contributed by atoms with Gasteiger partial charge in [-0.2, -0.15) is 0 Å². The molecule has 0 unspecified atom stereocenters. The summed E-state index contributed by atoms with van der Waals surface area (Å²) in [6.07, 6.45) is 1.25. The molecule has 0 saturated heterocycles. The van der Waals surface area contributed by atoms with E-state index < -0.39 is 0 Å². The van der Waals surface area contributed by atoms with E-state index in [-0.39, 0.29) is 0 Å². The van der Waals surface area contributed by atoms with Gasteiger partial charge in [-0.1, -0.05) is 31.9 Å². The van der Waals surface area contributed by atoms with E-state index in [1.54, 1.807) is 0 Å². The standard InChI is InChI=1S/C8H7ClN2.C3H8/c1-5-10-7-3-2-6(9)4-8(7)11-5;1-3-2/h2-4H,1H3,(H,10,11);3H2,1-2H3. The molecule has 0 saturated carbocycles. The van der Waals surface area contributed by atoms with Gasteiger partial charge >= 0.3 is 0 Å². The highest BCUT2D eigenvalue weighted by molar-refractivity contribution is 6.31. The monoisotopic (exact) mass is 210 g/mol. The van der Waals surface area contributed by atoms with Gasteiger partial charge in [0, 0.05) is 5.02 Å². The molecule has 3 heteroatoms. The fraction of sp³-hybridized carbons (Fsp3) is 0.364. The number of rotatable bonds is 0. The van der Waals surface area contributed by atoms with Crippen LogP contribution in [0.4, 0.5) is 0 Å². The van der Waals surface area contributed by atoms with Crippen LogP contribution in [0.15, 0.2) is 18.2 Å². The van der Waals surface area contributed by atoms with Crippen molar-refractivity contribution in [1.82, 2.24) is 9.97 Å². The molecule has 1 aromatic heterocycles. The summed E-state index contributed by atoms with van der Waals surface area (Å²) in [6, 6.07) is 5.61. The maximum atomic E-state index is 5.78. The molecule has 0 aliphatic heterocycles. The summed E-state index contributed by atoms with van der Waals surface area (Å²) in [6.45, 7) is 6.17. The van der Waals surface area contributed by atoms with E-state index in [0.29, 0.717) is 0 Å². The van der Waals surface area contributed by atoms with Crippen molar-refractivity contribution >= 4 is 22.6 Å². The van der Waals surface area contributed by atoms with Gasteiger partial charge in [-0.05, 0) is 25.1 Å². The maximum Gasteiger partial charge on any atom is 0.104 e. The second-order valence-corrected chi connectivity index (χ2v) is 3.63.